The molecule has 0 bridgehead atoms. The second kappa shape index (κ2) is 7.72. The molecule has 1 amide bonds. The molecule has 1 aromatic heterocycles. The van der Waals surface area contributed by atoms with Gasteiger partial charge in [0.05, 0.1) is 18.7 Å². The first kappa shape index (κ1) is 16.3. The molecular weight excluding hydrogens is 276 g/mol. The van der Waals surface area contributed by atoms with E-state index >= 15 is 0 Å². The summed E-state index contributed by atoms with van der Waals surface area (Å²) in [4.78, 5) is 12.0. The van der Waals surface area contributed by atoms with Gasteiger partial charge in [0.15, 0.2) is 0 Å². The van der Waals surface area contributed by atoms with Gasteiger partial charge in [-0.2, -0.15) is 0 Å². The zero-order valence-electron chi connectivity index (χ0n) is 11.3. The van der Waals surface area contributed by atoms with Gasteiger partial charge in [-0.1, -0.05) is 37.3 Å². The van der Waals surface area contributed by atoms with E-state index in [9.17, 15) is 4.79 Å². The Labute approximate surface area is 124 Å². The molecule has 0 aliphatic heterocycles. The number of amides is 1. The fourth-order valence-electron chi connectivity index (χ4n) is 1.88. The third-order valence-corrected chi connectivity index (χ3v) is 3.15. The van der Waals surface area contributed by atoms with Crippen LogP contribution in [0.25, 0.3) is 0 Å². The van der Waals surface area contributed by atoms with Crippen LogP contribution in [0.15, 0.2) is 53.1 Å². The molecule has 20 heavy (non-hydrogen) atoms. The highest BCUT2D eigenvalue weighted by molar-refractivity contribution is 5.85. The molecule has 5 heteroatoms. The maximum atomic E-state index is 12.0. The monoisotopic (exact) mass is 294 g/mol. The Morgan fingerprint density at radius 3 is 2.55 bits per heavy atom. The van der Waals surface area contributed by atoms with E-state index in [1.54, 1.807) is 12.3 Å². The Balaban J connectivity index is 0.00000200. The maximum absolute atomic E-state index is 12.0. The molecule has 0 radical (unpaired) electrons. The number of nitrogens with two attached hydrogens (primary N) is 1. The quantitative estimate of drug-likeness (QED) is 0.891. The number of benzene rings is 1. The van der Waals surface area contributed by atoms with Crippen molar-refractivity contribution in [2.45, 2.75) is 19.5 Å². The van der Waals surface area contributed by atoms with Gasteiger partial charge in [-0.3, -0.25) is 4.79 Å². The van der Waals surface area contributed by atoms with E-state index < -0.39 is 0 Å². The molecule has 1 aromatic carbocycles. The average Bonchev–Trinajstić information content (AvgIpc) is 2.97. The van der Waals surface area contributed by atoms with Crippen molar-refractivity contribution in [3.63, 3.8) is 0 Å². The molecule has 1 heterocycles. The summed E-state index contributed by atoms with van der Waals surface area (Å²) >= 11 is 0. The molecule has 0 saturated carbocycles. The predicted octanol–water partition coefficient (Wildman–Crippen LogP) is 2.65. The lowest BCUT2D eigenvalue weighted by molar-refractivity contribution is -0.125. The first-order chi connectivity index (χ1) is 9.18. The lowest BCUT2D eigenvalue weighted by atomic mass is 9.95. The first-order valence-corrected chi connectivity index (χ1v) is 6.29. The summed E-state index contributed by atoms with van der Waals surface area (Å²) in [5, 5.41) is 2.82. The first-order valence-electron chi connectivity index (χ1n) is 6.29. The van der Waals surface area contributed by atoms with Crippen molar-refractivity contribution in [3.05, 3.63) is 60.1 Å². The number of hydrogen-bond acceptors (Lipinski definition) is 3. The Kier molecular flexibility index (Phi) is 6.28. The van der Waals surface area contributed by atoms with Crippen molar-refractivity contribution < 1.29 is 9.21 Å². The topological polar surface area (TPSA) is 68.3 Å². The van der Waals surface area contributed by atoms with E-state index in [0.717, 1.165) is 11.3 Å². The molecular formula is C15H19ClN2O2. The van der Waals surface area contributed by atoms with Crippen molar-refractivity contribution in [1.82, 2.24) is 5.32 Å². The minimum absolute atomic E-state index is 0. The molecule has 3 N–H and O–H groups in total. The van der Waals surface area contributed by atoms with E-state index in [2.05, 4.69) is 5.32 Å². The van der Waals surface area contributed by atoms with Crippen LogP contribution in [-0.2, 0) is 11.3 Å². The van der Waals surface area contributed by atoms with E-state index in [1.165, 1.54) is 0 Å². The number of rotatable bonds is 5. The van der Waals surface area contributed by atoms with Gasteiger partial charge in [0.25, 0.3) is 0 Å². The van der Waals surface area contributed by atoms with E-state index in [1.807, 2.05) is 43.3 Å². The third-order valence-electron chi connectivity index (χ3n) is 3.15. The molecule has 108 valence electrons. The van der Waals surface area contributed by atoms with Gasteiger partial charge in [-0.05, 0) is 17.7 Å². The fourth-order valence-corrected chi connectivity index (χ4v) is 1.88. The minimum atomic E-state index is -0.308. The Hall–Kier alpha value is -1.78. The minimum Gasteiger partial charge on any atom is -0.467 e. The van der Waals surface area contributed by atoms with Gasteiger partial charge in [0, 0.05) is 6.04 Å². The largest absolute Gasteiger partial charge is 0.467 e. The maximum Gasteiger partial charge on any atom is 0.225 e. The standard InChI is InChI=1S/C15H18N2O2.ClH/c1-11(14(16)12-6-3-2-4-7-12)15(18)17-10-13-8-5-9-19-13;/h2-9,11,14H,10,16H2,1H3,(H,17,18);1H. The highest BCUT2D eigenvalue weighted by Crippen LogP contribution is 2.19. The van der Waals surface area contributed by atoms with Gasteiger partial charge >= 0.3 is 0 Å². The molecule has 0 saturated heterocycles. The summed E-state index contributed by atoms with van der Waals surface area (Å²) in [6.45, 7) is 2.22. The van der Waals surface area contributed by atoms with Crippen molar-refractivity contribution in [2.75, 3.05) is 0 Å². The number of carbonyl (C=O) groups is 1. The lowest BCUT2D eigenvalue weighted by Crippen LogP contribution is -2.35. The van der Waals surface area contributed by atoms with E-state index in [0.29, 0.717) is 6.54 Å². The van der Waals surface area contributed by atoms with Crippen LogP contribution in [0, 0.1) is 5.92 Å². The highest BCUT2D eigenvalue weighted by Gasteiger charge is 2.21. The summed E-state index contributed by atoms with van der Waals surface area (Å²) in [5.74, 6) is 0.360. The summed E-state index contributed by atoms with van der Waals surface area (Å²) < 4.78 is 5.16. The van der Waals surface area contributed by atoms with Crippen molar-refractivity contribution in [1.29, 1.82) is 0 Å². The fraction of sp³-hybridized carbons (Fsp3) is 0.267. The van der Waals surface area contributed by atoms with Gasteiger partial charge in [-0.25, -0.2) is 0 Å². The Bertz CT molecular complexity index is 514. The average molecular weight is 295 g/mol. The highest BCUT2D eigenvalue weighted by atomic mass is 35.5. The molecule has 2 aromatic rings. The number of hydrogen-bond donors (Lipinski definition) is 2. The van der Waals surface area contributed by atoms with E-state index in [4.69, 9.17) is 10.2 Å². The molecule has 0 aliphatic carbocycles. The van der Waals surface area contributed by atoms with Crippen LogP contribution in [0.3, 0.4) is 0 Å². The predicted molar refractivity (Wildman–Crippen MR) is 80.3 cm³/mol. The zero-order valence-corrected chi connectivity index (χ0v) is 12.1. The molecule has 2 unspecified atom stereocenters. The van der Waals surface area contributed by atoms with Gasteiger partial charge in [0.1, 0.15) is 5.76 Å². The van der Waals surface area contributed by atoms with Crippen molar-refractivity contribution in [2.24, 2.45) is 11.7 Å². The third kappa shape index (κ3) is 4.11. The van der Waals surface area contributed by atoms with E-state index in [-0.39, 0.29) is 30.3 Å². The summed E-state index contributed by atoms with van der Waals surface area (Å²) in [5.41, 5.74) is 7.07. The number of halogens is 1. The van der Waals surface area contributed by atoms with Gasteiger partial charge in [-0.15, -0.1) is 12.4 Å². The smallest absolute Gasteiger partial charge is 0.225 e. The van der Waals surface area contributed by atoms with Crippen LogP contribution in [-0.4, -0.2) is 5.91 Å². The van der Waals surface area contributed by atoms with Crippen LogP contribution in [0.4, 0.5) is 0 Å². The second-order valence-corrected chi connectivity index (χ2v) is 4.52. The van der Waals surface area contributed by atoms with Gasteiger partial charge in [0.2, 0.25) is 5.91 Å². The molecule has 4 nitrogen and oxygen atoms in total. The SMILES string of the molecule is CC(C(=O)NCc1ccco1)C(N)c1ccccc1.Cl. The second-order valence-electron chi connectivity index (χ2n) is 4.52. The number of carbonyl (C=O) groups excluding carboxylic acids is 1. The zero-order chi connectivity index (χ0) is 13.7. The van der Waals surface area contributed by atoms with Crippen molar-refractivity contribution >= 4 is 18.3 Å². The summed E-state index contributed by atoms with van der Waals surface area (Å²) in [6.07, 6.45) is 1.58. The molecule has 0 fully saturated rings. The van der Waals surface area contributed by atoms with Gasteiger partial charge < -0.3 is 15.5 Å². The summed E-state index contributed by atoms with van der Waals surface area (Å²) in [6, 6.07) is 12.9. The van der Waals surface area contributed by atoms with Crippen LogP contribution in [0.2, 0.25) is 0 Å². The molecule has 0 spiro atoms. The Morgan fingerprint density at radius 2 is 1.95 bits per heavy atom. The number of furan rings is 1. The normalized spacial score (nSPS) is 13.1. The number of nitrogens with one attached hydrogen (secondary N) is 1. The molecule has 2 rings (SSSR count). The van der Waals surface area contributed by atoms with Crippen LogP contribution in [0.5, 0.6) is 0 Å². The summed E-state index contributed by atoms with van der Waals surface area (Å²) in [7, 11) is 0. The molecule has 0 aliphatic rings. The lowest BCUT2D eigenvalue weighted by Gasteiger charge is -2.19. The Morgan fingerprint density at radius 1 is 1.25 bits per heavy atom. The van der Waals surface area contributed by atoms with Crippen LogP contribution >= 0.6 is 12.4 Å². The van der Waals surface area contributed by atoms with Crippen molar-refractivity contribution in [3.8, 4) is 0 Å². The van der Waals surface area contributed by atoms with Crippen LogP contribution in [0.1, 0.15) is 24.3 Å². The van der Waals surface area contributed by atoms with Crippen LogP contribution < -0.4 is 11.1 Å². The molecule has 2 atom stereocenters.